The van der Waals surface area contributed by atoms with Gasteiger partial charge >= 0.3 is 0 Å². The molecule has 3 rings (SSSR count). The second kappa shape index (κ2) is 8.12. The third-order valence-corrected chi connectivity index (χ3v) is 4.84. The number of benzene rings is 1. The molecule has 2 aromatic rings. The highest BCUT2D eigenvalue weighted by molar-refractivity contribution is 7.99. The summed E-state index contributed by atoms with van der Waals surface area (Å²) in [6.07, 6.45) is 3.91. The van der Waals surface area contributed by atoms with Crippen LogP contribution in [0.5, 0.6) is 0 Å². The first-order valence-electron chi connectivity index (χ1n) is 7.90. The maximum absolute atomic E-state index is 12.1. The molecule has 1 aromatic heterocycles. The summed E-state index contributed by atoms with van der Waals surface area (Å²) in [7, 11) is 0. The summed E-state index contributed by atoms with van der Waals surface area (Å²) in [6, 6.07) is 8.00. The Hall–Kier alpha value is -1.86. The summed E-state index contributed by atoms with van der Waals surface area (Å²) < 4.78 is 0. The van der Waals surface area contributed by atoms with E-state index >= 15 is 0 Å². The smallest absolute Gasteiger partial charge is 0.251 e. The normalized spacial score (nSPS) is 17.8. The van der Waals surface area contributed by atoms with E-state index in [0.717, 1.165) is 24.0 Å². The van der Waals surface area contributed by atoms with Crippen molar-refractivity contribution in [3.8, 4) is 0 Å². The summed E-state index contributed by atoms with van der Waals surface area (Å²) in [5.74, 6) is 1.29. The van der Waals surface area contributed by atoms with Gasteiger partial charge < -0.3 is 10.6 Å². The number of carbonyl (C=O) groups is 1. The van der Waals surface area contributed by atoms with Gasteiger partial charge in [0.2, 0.25) is 0 Å². The Bertz CT molecular complexity index is 608. The number of aromatic amines is 1. The van der Waals surface area contributed by atoms with E-state index < -0.39 is 0 Å². The first-order chi connectivity index (χ1) is 11.3. The lowest BCUT2D eigenvalue weighted by atomic mass is 9.91. The van der Waals surface area contributed by atoms with Crippen molar-refractivity contribution in [1.82, 2.24) is 25.8 Å². The quantitative estimate of drug-likeness (QED) is 0.555. The molecular weight excluding hydrogens is 310 g/mol. The molecule has 1 saturated heterocycles. The molecule has 1 atom stereocenters. The molecule has 7 heteroatoms. The SMILES string of the molecule is O=C(NCCSc1ncn[nH]1)c1ccc([C@H]2CCCNC2)cc1. The number of carbonyl (C=O) groups excluding carboxylic acids is 1. The molecule has 0 saturated carbocycles. The molecule has 23 heavy (non-hydrogen) atoms. The zero-order valence-corrected chi connectivity index (χ0v) is 13.7. The van der Waals surface area contributed by atoms with Crippen LogP contribution >= 0.6 is 11.8 Å². The molecular formula is C16H21N5OS. The van der Waals surface area contributed by atoms with Crippen LogP contribution in [0, 0.1) is 0 Å². The predicted molar refractivity (Wildman–Crippen MR) is 90.7 cm³/mol. The van der Waals surface area contributed by atoms with E-state index in [1.54, 1.807) is 0 Å². The summed E-state index contributed by atoms with van der Waals surface area (Å²) in [5.41, 5.74) is 2.02. The van der Waals surface area contributed by atoms with Gasteiger partial charge in [-0.1, -0.05) is 23.9 Å². The summed E-state index contributed by atoms with van der Waals surface area (Å²) in [4.78, 5) is 16.1. The van der Waals surface area contributed by atoms with Crippen LogP contribution in [-0.2, 0) is 0 Å². The third-order valence-electron chi connectivity index (χ3n) is 3.96. The Kier molecular flexibility index (Phi) is 5.65. The number of H-pyrrole nitrogens is 1. The zero-order valence-electron chi connectivity index (χ0n) is 12.9. The van der Waals surface area contributed by atoms with Crippen molar-refractivity contribution in [1.29, 1.82) is 0 Å². The first kappa shape index (κ1) is 16.0. The van der Waals surface area contributed by atoms with Gasteiger partial charge in [-0.25, -0.2) is 4.98 Å². The van der Waals surface area contributed by atoms with Crippen molar-refractivity contribution in [2.24, 2.45) is 0 Å². The minimum absolute atomic E-state index is 0.0310. The number of nitrogens with zero attached hydrogens (tertiary/aromatic N) is 2. The zero-order chi connectivity index (χ0) is 15.9. The molecule has 0 aliphatic carbocycles. The van der Waals surface area contributed by atoms with Crippen LogP contribution in [0.1, 0.15) is 34.7 Å². The fourth-order valence-electron chi connectivity index (χ4n) is 2.72. The van der Waals surface area contributed by atoms with Gasteiger partial charge in [0, 0.05) is 24.4 Å². The molecule has 0 spiro atoms. The van der Waals surface area contributed by atoms with Crippen LogP contribution in [0.4, 0.5) is 0 Å². The van der Waals surface area contributed by atoms with Crippen molar-refractivity contribution in [2.75, 3.05) is 25.4 Å². The van der Waals surface area contributed by atoms with Crippen LogP contribution in [-0.4, -0.2) is 46.5 Å². The number of aromatic nitrogens is 3. The van der Waals surface area contributed by atoms with E-state index in [9.17, 15) is 4.79 Å². The average molecular weight is 331 g/mol. The Morgan fingerprint density at radius 3 is 2.91 bits per heavy atom. The molecule has 0 bridgehead atoms. The molecule has 6 nitrogen and oxygen atoms in total. The highest BCUT2D eigenvalue weighted by Gasteiger charge is 2.15. The highest BCUT2D eigenvalue weighted by atomic mass is 32.2. The Morgan fingerprint density at radius 1 is 1.35 bits per heavy atom. The summed E-state index contributed by atoms with van der Waals surface area (Å²) in [5, 5.41) is 13.7. The molecule has 3 N–H and O–H groups in total. The number of amides is 1. The molecule has 1 amide bonds. The molecule has 0 radical (unpaired) electrons. The van der Waals surface area contributed by atoms with E-state index in [1.807, 2.05) is 12.1 Å². The molecule has 1 aromatic carbocycles. The van der Waals surface area contributed by atoms with Crippen molar-refractivity contribution < 1.29 is 4.79 Å². The lowest BCUT2D eigenvalue weighted by Crippen LogP contribution is -2.28. The lowest BCUT2D eigenvalue weighted by Gasteiger charge is -2.23. The maximum Gasteiger partial charge on any atom is 0.251 e. The molecule has 1 aliphatic heterocycles. The van der Waals surface area contributed by atoms with Gasteiger partial charge in [0.15, 0.2) is 5.16 Å². The number of rotatable bonds is 6. The monoisotopic (exact) mass is 331 g/mol. The number of thioether (sulfide) groups is 1. The molecule has 1 aliphatic rings. The fourth-order valence-corrected chi connectivity index (χ4v) is 3.36. The number of nitrogens with one attached hydrogen (secondary N) is 3. The summed E-state index contributed by atoms with van der Waals surface area (Å²) >= 11 is 1.53. The van der Waals surface area contributed by atoms with E-state index in [-0.39, 0.29) is 5.91 Å². The second-order valence-electron chi connectivity index (χ2n) is 5.56. The van der Waals surface area contributed by atoms with Crippen molar-refractivity contribution in [3.63, 3.8) is 0 Å². The van der Waals surface area contributed by atoms with E-state index in [0.29, 0.717) is 18.0 Å². The average Bonchev–Trinajstić information content (AvgIpc) is 3.13. The molecule has 2 heterocycles. The predicted octanol–water partition coefficient (Wildman–Crippen LogP) is 1.79. The fraction of sp³-hybridized carbons (Fsp3) is 0.438. The van der Waals surface area contributed by atoms with Crippen molar-refractivity contribution in [3.05, 3.63) is 41.7 Å². The molecule has 0 unspecified atom stereocenters. The third kappa shape index (κ3) is 4.56. The minimum atomic E-state index is -0.0310. The largest absolute Gasteiger partial charge is 0.351 e. The van der Waals surface area contributed by atoms with Gasteiger partial charge in [-0.15, -0.1) is 0 Å². The lowest BCUT2D eigenvalue weighted by molar-refractivity contribution is 0.0956. The van der Waals surface area contributed by atoms with E-state index in [4.69, 9.17) is 0 Å². The van der Waals surface area contributed by atoms with Crippen LogP contribution in [0.3, 0.4) is 0 Å². The van der Waals surface area contributed by atoms with Crippen LogP contribution in [0.25, 0.3) is 0 Å². The first-order valence-corrected chi connectivity index (χ1v) is 8.88. The Labute approximate surface area is 139 Å². The van der Waals surface area contributed by atoms with Gasteiger partial charge in [0.05, 0.1) is 0 Å². The number of hydrogen-bond donors (Lipinski definition) is 3. The topological polar surface area (TPSA) is 82.7 Å². The Balaban J connectivity index is 1.45. The van der Waals surface area contributed by atoms with Crippen LogP contribution < -0.4 is 10.6 Å². The van der Waals surface area contributed by atoms with Gasteiger partial charge in [-0.05, 0) is 43.0 Å². The Morgan fingerprint density at radius 2 is 2.22 bits per heavy atom. The van der Waals surface area contributed by atoms with Gasteiger partial charge in [0.1, 0.15) is 6.33 Å². The van der Waals surface area contributed by atoms with Gasteiger partial charge in [-0.3, -0.25) is 9.89 Å². The van der Waals surface area contributed by atoms with E-state index in [2.05, 4.69) is 37.9 Å². The molecule has 122 valence electrons. The molecule has 1 fully saturated rings. The second-order valence-corrected chi connectivity index (χ2v) is 6.64. The highest BCUT2D eigenvalue weighted by Crippen LogP contribution is 2.23. The van der Waals surface area contributed by atoms with Gasteiger partial charge in [0.25, 0.3) is 5.91 Å². The van der Waals surface area contributed by atoms with Crippen molar-refractivity contribution >= 4 is 17.7 Å². The van der Waals surface area contributed by atoms with Crippen LogP contribution in [0.15, 0.2) is 35.7 Å². The number of piperidine rings is 1. The maximum atomic E-state index is 12.1. The number of hydrogen-bond acceptors (Lipinski definition) is 5. The van der Waals surface area contributed by atoms with E-state index in [1.165, 1.54) is 36.5 Å². The van der Waals surface area contributed by atoms with Gasteiger partial charge in [-0.2, -0.15) is 5.10 Å². The standard InChI is InChI=1S/C16H21N5OS/c22-15(18-8-9-23-16-19-11-20-21-16)13-5-3-12(4-6-13)14-2-1-7-17-10-14/h3-6,11,14,17H,1-2,7-10H2,(H,18,22)(H,19,20,21)/t14-/m0/s1. The van der Waals surface area contributed by atoms with Crippen LogP contribution in [0.2, 0.25) is 0 Å². The van der Waals surface area contributed by atoms with Crippen molar-refractivity contribution in [2.45, 2.75) is 23.9 Å². The minimum Gasteiger partial charge on any atom is -0.351 e. The summed E-state index contributed by atoms with van der Waals surface area (Å²) in [6.45, 7) is 2.74.